The van der Waals surface area contributed by atoms with E-state index in [1.807, 2.05) is 0 Å². The van der Waals surface area contributed by atoms with E-state index in [1.54, 1.807) is 0 Å². The molecule has 0 unspecified atom stereocenters. The van der Waals surface area contributed by atoms with E-state index in [0.29, 0.717) is 12.0 Å². The second-order valence-electron chi connectivity index (χ2n) is 3.18. The van der Waals surface area contributed by atoms with Crippen LogP contribution in [0, 0.1) is 5.92 Å². The summed E-state index contributed by atoms with van der Waals surface area (Å²) in [6, 6.07) is 0. The summed E-state index contributed by atoms with van der Waals surface area (Å²) in [5.41, 5.74) is 0. The molecule has 0 aliphatic carbocycles. The molecule has 0 aliphatic rings. The monoisotopic (exact) mass is 156 g/mol. The summed E-state index contributed by atoms with van der Waals surface area (Å²) in [5.74, 6) is 1.36. The zero-order chi connectivity index (χ0) is 8.85. The first-order valence-electron chi connectivity index (χ1n) is 4.47. The van der Waals surface area contributed by atoms with Crippen molar-refractivity contribution in [1.29, 1.82) is 0 Å². The van der Waals surface area contributed by atoms with Gasteiger partial charge in [-0.25, -0.2) is 0 Å². The topological polar surface area (TPSA) is 9.23 Å². The molecule has 0 rings (SSSR count). The van der Waals surface area contributed by atoms with Gasteiger partial charge >= 0.3 is 0 Å². The Morgan fingerprint density at radius 3 is 2.00 bits per heavy atom. The SMILES string of the molecule is C=C(OC(CC)CC)C(C)C. The smallest absolute Gasteiger partial charge is 0.0977 e. The minimum Gasteiger partial charge on any atom is -0.495 e. The second-order valence-corrected chi connectivity index (χ2v) is 3.18. The Balaban J connectivity index is 3.72. The fourth-order valence-electron chi connectivity index (χ4n) is 0.806. The van der Waals surface area contributed by atoms with Gasteiger partial charge in [-0.1, -0.05) is 34.3 Å². The number of allylic oxidation sites excluding steroid dienone is 1. The van der Waals surface area contributed by atoms with Crippen LogP contribution >= 0.6 is 0 Å². The first kappa shape index (κ1) is 10.5. The molecule has 0 N–H and O–H groups in total. The first-order valence-corrected chi connectivity index (χ1v) is 4.47. The molecule has 0 spiro atoms. The van der Waals surface area contributed by atoms with E-state index < -0.39 is 0 Å². The highest BCUT2D eigenvalue weighted by Crippen LogP contribution is 2.14. The first-order chi connectivity index (χ1) is 5.11. The van der Waals surface area contributed by atoms with Gasteiger partial charge in [0.25, 0.3) is 0 Å². The lowest BCUT2D eigenvalue weighted by Crippen LogP contribution is -2.11. The predicted octanol–water partition coefficient (Wildman–Crippen LogP) is 3.36. The summed E-state index contributed by atoms with van der Waals surface area (Å²) in [5, 5.41) is 0. The van der Waals surface area contributed by atoms with Gasteiger partial charge in [0.05, 0.1) is 11.9 Å². The van der Waals surface area contributed by atoms with E-state index >= 15 is 0 Å². The van der Waals surface area contributed by atoms with E-state index in [4.69, 9.17) is 4.74 Å². The molecule has 1 nitrogen and oxygen atoms in total. The Morgan fingerprint density at radius 2 is 1.73 bits per heavy atom. The van der Waals surface area contributed by atoms with Crippen LogP contribution in [0.2, 0.25) is 0 Å². The van der Waals surface area contributed by atoms with Gasteiger partial charge < -0.3 is 4.74 Å². The normalized spacial score (nSPS) is 10.7. The predicted molar refractivity (Wildman–Crippen MR) is 49.4 cm³/mol. The number of ether oxygens (including phenoxy) is 1. The van der Waals surface area contributed by atoms with Gasteiger partial charge in [0.2, 0.25) is 0 Å². The van der Waals surface area contributed by atoms with E-state index in [9.17, 15) is 0 Å². The van der Waals surface area contributed by atoms with Crippen LogP contribution in [0.3, 0.4) is 0 Å². The van der Waals surface area contributed by atoms with Crippen molar-refractivity contribution >= 4 is 0 Å². The highest BCUT2D eigenvalue weighted by atomic mass is 16.5. The van der Waals surface area contributed by atoms with Gasteiger partial charge in [-0.2, -0.15) is 0 Å². The van der Waals surface area contributed by atoms with Crippen molar-refractivity contribution in [3.05, 3.63) is 12.3 Å². The highest BCUT2D eigenvalue weighted by Gasteiger charge is 2.07. The minimum atomic E-state index is 0.366. The maximum Gasteiger partial charge on any atom is 0.0977 e. The minimum absolute atomic E-state index is 0.366. The van der Waals surface area contributed by atoms with Gasteiger partial charge in [0.15, 0.2) is 0 Å². The van der Waals surface area contributed by atoms with Crippen molar-refractivity contribution in [2.24, 2.45) is 5.92 Å². The Morgan fingerprint density at radius 1 is 1.27 bits per heavy atom. The molecule has 0 atom stereocenters. The summed E-state index contributed by atoms with van der Waals surface area (Å²) >= 11 is 0. The van der Waals surface area contributed by atoms with Gasteiger partial charge in [-0.3, -0.25) is 0 Å². The Kier molecular flexibility index (Phi) is 5.01. The zero-order valence-electron chi connectivity index (χ0n) is 8.18. The average molecular weight is 156 g/mol. The van der Waals surface area contributed by atoms with Crippen LogP contribution in [0.4, 0.5) is 0 Å². The van der Waals surface area contributed by atoms with Gasteiger partial charge in [-0.05, 0) is 12.8 Å². The van der Waals surface area contributed by atoms with Gasteiger partial charge in [0, 0.05) is 5.92 Å². The third kappa shape index (κ3) is 4.07. The third-order valence-electron chi connectivity index (χ3n) is 1.87. The summed E-state index contributed by atoms with van der Waals surface area (Å²) in [4.78, 5) is 0. The lowest BCUT2D eigenvalue weighted by Gasteiger charge is -2.19. The van der Waals surface area contributed by atoms with E-state index in [2.05, 4.69) is 34.3 Å². The van der Waals surface area contributed by atoms with Crippen LogP contribution in [0.15, 0.2) is 12.3 Å². The molecule has 11 heavy (non-hydrogen) atoms. The summed E-state index contributed by atoms with van der Waals surface area (Å²) in [6.45, 7) is 12.4. The van der Waals surface area contributed by atoms with E-state index in [1.165, 1.54) is 0 Å². The molecule has 0 aromatic rings. The highest BCUT2D eigenvalue weighted by molar-refractivity contribution is 4.87. The van der Waals surface area contributed by atoms with Crippen molar-refractivity contribution in [3.63, 3.8) is 0 Å². The largest absolute Gasteiger partial charge is 0.495 e. The van der Waals surface area contributed by atoms with Gasteiger partial charge in [0.1, 0.15) is 0 Å². The lowest BCUT2D eigenvalue weighted by molar-refractivity contribution is 0.0926. The molecule has 0 aliphatic heterocycles. The average Bonchev–Trinajstić information content (AvgIpc) is 1.99. The van der Waals surface area contributed by atoms with Crippen LogP contribution < -0.4 is 0 Å². The van der Waals surface area contributed by atoms with E-state index in [0.717, 1.165) is 18.6 Å². The number of hydrogen-bond donors (Lipinski definition) is 0. The van der Waals surface area contributed by atoms with Crippen molar-refractivity contribution in [3.8, 4) is 0 Å². The molecule has 1 heteroatoms. The van der Waals surface area contributed by atoms with Crippen molar-refractivity contribution in [2.75, 3.05) is 0 Å². The Hall–Kier alpha value is -0.460. The van der Waals surface area contributed by atoms with Crippen LogP contribution in [0.5, 0.6) is 0 Å². The van der Waals surface area contributed by atoms with Crippen LogP contribution in [0.1, 0.15) is 40.5 Å². The Bertz CT molecular complexity index is 112. The van der Waals surface area contributed by atoms with Crippen LogP contribution in [-0.2, 0) is 4.74 Å². The molecule has 0 aromatic heterocycles. The summed E-state index contributed by atoms with van der Waals surface area (Å²) in [7, 11) is 0. The Labute approximate surface area is 70.4 Å². The zero-order valence-corrected chi connectivity index (χ0v) is 8.18. The van der Waals surface area contributed by atoms with Crippen molar-refractivity contribution in [2.45, 2.75) is 46.6 Å². The summed E-state index contributed by atoms with van der Waals surface area (Å²) in [6.07, 6.45) is 2.51. The van der Waals surface area contributed by atoms with Crippen LogP contribution in [0.25, 0.3) is 0 Å². The standard InChI is InChI=1S/C10H20O/c1-6-10(7-2)11-9(5)8(3)4/h8,10H,5-7H2,1-4H3. The lowest BCUT2D eigenvalue weighted by atomic mass is 10.1. The third-order valence-corrected chi connectivity index (χ3v) is 1.87. The molecule has 0 radical (unpaired) electrons. The quantitative estimate of drug-likeness (QED) is 0.554. The van der Waals surface area contributed by atoms with Crippen molar-refractivity contribution < 1.29 is 4.74 Å². The molecular formula is C10H20O. The molecule has 0 amide bonds. The second kappa shape index (κ2) is 5.22. The molecule has 0 heterocycles. The fourth-order valence-corrected chi connectivity index (χ4v) is 0.806. The maximum atomic E-state index is 5.62. The molecule has 66 valence electrons. The molecule has 0 saturated heterocycles. The summed E-state index contributed by atoms with van der Waals surface area (Å²) < 4.78 is 5.62. The van der Waals surface area contributed by atoms with Crippen molar-refractivity contribution in [1.82, 2.24) is 0 Å². The fraction of sp³-hybridized carbons (Fsp3) is 0.800. The molecule has 0 bridgehead atoms. The molecular weight excluding hydrogens is 136 g/mol. The van der Waals surface area contributed by atoms with Gasteiger partial charge in [-0.15, -0.1) is 0 Å². The van der Waals surface area contributed by atoms with Crippen LogP contribution in [-0.4, -0.2) is 6.10 Å². The number of rotatable bonds is 5. The van der Waals surface area contributed by atoms with E-state index in [-0.39, 0.29) is 0 Å². The molecule has 0 aromatic carbocycles. The number of hydrogen-bond acceptors (Lipinski definition) is 1. The maximum absolute atomic E-state index is 5.62. The molecule has 0 fully saturated rings. The molecule has 0 saturated carbocycles.